The smallest absolute Gasteiger partial charge is 0.209 e. The van der Waals surface area contributed by atoms with E-state index in [9.17, 15) is 5.11 Å². The second-order valence-corrected chi connectivity index (χ2v) is 7.97. The molecule has 6 nitrogen and oxygen atoms in total. The van der Waals surface area contributed by atoms with Crippen LogP contribution in [0.5, 0.6) is 5.75 Å². The predicted octanol–water partition coefficient (Wildman–Crippen LogP) is 4.54. The highest BCUT2D eigenvalue weighted by Gasteiger charge is 2.41. The highest BCUT2D eigenvalue weighted by atomic mass is 19.1. The summed E-state index contributed by atoms with van der Waals surface area (Å²) >= 11 is 0. The van der Waals surface area contributed by atoms with E-state index in [2.05, 4.69) is 10.3 Å². The number of anilines is 1. The Balaban J connectivity index is 1.55. The molecular weight excluding hydrogens is 419 g/mol. The Hall–Kier alpha value is -4.10. The Kier molecular flexibility index (Phi) is 5.11. The lowest BCUT2D eigenvalue weighted by atomic mass is 9.95. The highest BCUT2D eigenvalue weighted by molar-refractivity contribution is 5.74. The predicted molar refractivity (Wildman–Crippen MR) is 126 cm³/mol. The fraction of sp³-hybridized carbons (Fsp3) is 0.115. The number of halogens is 1. The molecule has 5 rings (SSSR count). The van der Waals surface area contributed by atoms with Gasteiger partial charge in [-0.05, 0) is 36.2 Å². The molecular formula is C26H23FN4O2. The Morgan fingerprint density at radius 2 is 1.85 bits per heavy atom. The van der Waals surface area contributed by atoms with Crippen LogP contribution in [0.1, 0.15) is 22.4 Å². The Bertz CT molecular complexity index is 1350. The zero-order chi connectivity index (χ0) is 23.0. The van der Waals surface area contributed by atoms with Crippen molar-refractivity contribution < 1.29 is 14.2 Å². The molecule has 0 amide bonds. The molecule has 33 heavy (non-hydrogen) atoms. The van der Waals surface area contributed by atoms with Crippen molar-refractivity contribution in [3.63, 3.8) is 0 Å². The van der Waals surface area contributed by atoms with Gasteiger partial charge in [0.25, 0.3) is 0 Å². The third-order valence-electron chi connectivity index (χ3n) is 5.75. The van der Waals surface area contributed by atoms with Crippen LogP contribution in [0.15, 0.2) is 84.0 Å². The Morgan fingerprint density at radius 3 is 2.61 bits per heavy atom. The van der Waals surface area contributed by atoms with Crippen molar-refractivity contribution in [3.8, 4) is 11.4 Å². The summed E-state index contributed by atoms with van der Waals surface area (Å²) in [5.74, 6) is -0.0761. The SMILES string of the molecule is Cc1cn(-c2ccc(OCc3ccccc3)cc2F)c2c1N=CNC2(O)c1ccccc1N. The Morgan fingerprint density at radius 1 is 1.09 bits per heavy atom. The zero-order valence-corrected chi connectivity index (χ0v) is 18.0. The lowest BCUT2D eigenvalue weighted by Gasteiger charge is -2.33. The van der Waals surface area contributed by atoms with Crippen LogP contribution >= 0.6 is 0 Å². The third kappa shape index (κ3) is 3.62. The average Bonchev–Trinajstić information content (AvgIpc) is 3.16. The number of aliphatic hydroxyl groups is 1. The lowest BCUT2D eigenvalue weighted by molar-refractivity contribution is 0.0596. The van der Waals surface area contributed by atoms with E-state index < -0.39 is 11.5 Å². The molecule has 1 unspecified atom stereocenters. The van der Waals surface area contributed by atoms with Crippen LogP contribution in [0, 0.1) is 12.7 Å². The number of nitrogens with zero attached hydrogens (tertiary/aromatic N) is 2. The van der Waals surface area contributed by atoms with Gasteiger partial charge < -0.3 is 25.5 Å². The van der Waals surface area contributed by atoms with E-state index in [0.29, 0.717) is 35.0 Å². The van der Waals surface area contributed by atoms with Crippen LogP contribution in [0.4, 0.5) is 15.8 Å². The number of aromatic nitrogens is 1. The number of nitrogens with two attached hydrogens (primary N) is 1. The average molecular weight is 442 g/mol. The standard InChI is InChI=1S/C26H23FN4O2/c1-17-14-31(23-12-11-19(13-21(23)27)33-15-18-7-3-2-4-8-18)25-24(17)29-16-30-26(25,32)20-9-5-6-10-22(20)28/h2-14,16,32H,15,28H2,1H3,(H,29,30). The zero-order valence-electron chi connectivity index (χ0n) is 18.0. The van der Waals surface area contributed by atoms with Gasteiger partial charge in [0.15, 0.2) is 5.82 Å². The van der Waals surface area contributed by atoms with Crippen molar-refractivity contribution in [1.29, 1.82) is 0 Å². The molecule has 3 aromatic carbocycles. The molecule has 1 aliphatic heterocycles. The molecule has 1 atom stereocenters. The van der Waals surface area contributed by atoms with Gasteiger partial charge in [0.1, 0.15) is 18.1 Å². The fourth-order valence-corrected chi connectivity index (χ4v) is 4.12. The number of rotatable bonds is 5. The molecule has 0 spiro atoms. The van der Waals surface area contributed by atoms with E-state index in [-0.39, 0.29) is 5.69 Å². The summed E-state index contributed by atoms with van der Waals surface area (Å²) in [6.45, 7) is 2.20. The molecule has 0 saturated heterocycles. The van der Waals surface area contributed by atoms with Gasteiger partial charge in [-0.3, -0.25) is 0 Å². The number of para-hydroxylation sites is 1. The maximum absolute atomic E-state index is 15.3. The molecule has 1 aliphatic rings. The van der Waals surface area contributed by atoms with Gasteiger partial charge >= 0.3 is 0 Å². The minimum Gasteiger partial charge on any atom is -0.489 e. The second kappa shape index (κ2) is 8.11. The number of ether oxygens (including phenoxy) is 1. The van der Waals surface area contributed by atoms with E-state index in [1.54, 1.807) is 47.2 Å². The van der Waals surface area contributed by atoms with Crippen molar-refractivity contribution in [2.75, 3.05) is 5.73 Å². The molecule has 7 heteroatoms. The van der Waals surface area contributed by atoms with Crippen LogP contribution in [0.25, 0.3) is 5.69 Å². The van der Waals surface area contributed by atoms with Crippen LogP contribution in [-0.4, -0.2) is 16.0 Å². The molecule has 0 fully saturated rings. The lowest BCUT2D eigenvalue weighted by Crippen LogP contribution is -2.46. The van der Waals surface area contributed by atoms with Crippen molar-refractivity contribution in [3.05, 3.63) is 107 Å². The van der Waals surface area contributed by atoms with Crippen molar-refractivity contribution in [2.45, 2.75) is 19.3 Å². The van der Waals surface area contributed by atoms with Gasteiger partial charge in [-0.25, -0.2) is 9.38 Å². The minimum absolute atomic E-state index is 0.262. The molecule has 166 valence electrons. The normalized spacial score (nSPS) is 16.8. The quantitative estimate of drug-likeness (QED) is 0.396. The summed E-state index contributed by atoms with van der Waals surface area (Å²) in [5, 5.41) is 14.7. The number of hydrogen-bond donors (Lipinski definition) is 3. The monoisotopic (exact) mass is 442 g/mol. The third-order valence-corrected chi connectivity index (χ3v) is 5.75. The van der Waals surface area contributed by atoms with Gasteiger partial charge in [0.05, 0.1) is 17.7 Å². The summed E-state index contributed by atoms with van der Waals surface area (Å²) in [6.07, 6.45) is 3.19. The molecule has 4 aromatic rings. The first-order valence-electron chi connectivity index (χ1n) is 10.5. The number of fused-ring (bicyclic) bond motifs is 1. The summed E-state index contributed by atoms with van der Waals surface area (Å²) in [5.41, 5.74) is 8.34. The van der Waals surface area contributed by atoms with Gasteiger partial charge in [0.2, 0.25) is 5.72 Å². The van der Waals surface area contributed by atoms with Gasteiger partial charge in [-0.1, -0.05) is 48.5 Å². The molecule has 0 bridgehead atoms. The first kappa shape index (κ1) is 20.8. The van der Waals surface area contributed by atoms with Crippen molar-refractivity contribution in [2.24, 2.45) is 4.99 Å². The molecule has 0 radical (unpaired) electrons. The topological polar surface area (TPSA) is 84.8 Å². The van der Waals surface area contributed by atoms with Gasteiger partial charge in [-0.15, -0.1) is 0 Å². The van der Waals surface area contributed by atoms with Crippen LogP contribution < -0.4 is 15.8 Å². The number of nitrogens with one attached hydrogen (secondary N) is 1. The van der Waals surface area contributed by atoms with Crippen molar-refractivity contribution >= 4 is 17.7 Å². The van der Waals surface area contributed by atoms with Crippen LogP contribution in [0.2, 0.25) is 0 Å². The molecule has 0 saturated carbocycles. The van der Waals surface area contributed by atoms with E-state index >= 15 is 4.39 Å². The molecule has 4 N–H and O–H groups in total. The maximum Gasteiger partial charge on any atom is 0.209 e. The number of aliphatic imine (C=N–C) groups is 1. The van der Waals surface area contributed by atoms with Gasteiger partial charge in [-0.2, -0.15) is 0 Å². The van der Waals surface area contributed by atoms with E-state index in [0.717, 1.165) is 11.1 Å². The first-order valence-corrected chi connectivity index (χ1v) is 10.5. The van der Waals surface area contributed by atoms with Gasteiger partial charge in [0, 0.05) is 23.5 Å². The minimum atomic E-state index is -1.69. The van der Waals surface area contributed by atoms with Crippen LogP contribution in [0.3, 0.4) is 0 Å². The van der Waals surface area contributed by atoms with E-state index in [4.69, 9.17) is 10.5 Å². The van der Waals surface area contributed by atoms with Crippen molar-refractivity contribution in [1.82, 2.24) is 9.88 Å². The van der Waals surface area contributed by atoms with E-state index in [1.165, 1.54) is 12.4 Å². The summed E-state index contributed by atoms with van der Waals surface area (Å²) in [7, 11) is 0. The number of benzene rings is 3. The summed E-state index contributed by atoms with van der Waals surface area (Å²) in [6, 6.07) is 21.4. The summed E-state index contributed by atoms with van der Waals surface area (Å²) in [4.78, 5) is 4.39. The molecule has 1 aromatic heterocycles. The first-order chi connectivity index (χ1) is 16.0. The molecule has 2 heterocycles. The van der Waals surface area contributed by atoms with Crippen LogP contribution in [-0.2, 0) is 12.3 Å². The highest BCUT2D eigenvalue weighted by Crippen LogP contribution is 2.42. The Labute approximate surface area is 190 Å². The number of nitrogen functional groups attached to an aromatic ring is 1. The van der Waals surface area contributed by atoms with E-state index in [1.807, 2.05) is 37.3 Å². The summed E-state index contributed by atoms with van der Waals surface area (Å²) < 4.78 is 22.7. The number of aryl methyl sites for hydroxylation is 1. The largest absolute Gasteiger partial charge is 0.489 e. The fourth-order valence-electron chi connectivity index (χ4n) is 4.12. The number of hydrogen-bond acceptors (Lipinski definition) is 5. The molecule has 0 aliphatic carbocycles. The second-order valence-electron chi connectivity index (χ2n) is 7.97. The maximum atomic E-state index is 15.3.